The molecular formula is C18H17ClFN3O3. The number of hydrogen-bond acceptors (Lipinski definition) is 5. The quantitative estimate of drug-likeness (QED) is 0.625. The average Bonchev–Trinajstić information content (AvgIpc) is 2.96. The van der Waals surface area contributed by atoms with Crippen molar-refractivity contribution < 1.29 is 18.8 Å². The molecular weight excluding hydrogens is 361 g/mol. The molecule has 1 amide bonds. The van der Waals surface area contributed by atoms with E-state index in [1.165, 1.54) is 17.1 Å². The molecule has 1 unspecified atom stereocenters. The van der Waals surface area contributed by atoms with E-state index in [-0.39, 0.29) is 11.6 Å². The highest BCUT2D eigenvalue weighted by Gasteiger charge is 2.30. The maximum absolute atomic E-state index is 13.2. The summed E-state index contributed by atoms with van der Waals surface area (Å²) in [5.41, 5.74) is 5.50. The Bertz CT molecular complexity index is 859. The Balaban J connectivity index is 1.72. The summed E-state index contributed by atoms with van der Waals surface area (Å²) in [6, 6.07) is 11.6. The highest BCUT2D eigenvalue weighted by Crippen LogP contribution is 2.24. The lowest BCUT2D eigenvalue weighted by molar-refractivity contribution is 0.130. The second-order valence-electron chi connectivity index (χ2n) is 5.70. The molecule has 0 aliphatic carbocycles. The Morgan fingerprint density at radius 2 is 2.15 bits per heavy atom. The number of hydrazine groups is 1. The lowest BCUT2D eigenvalue weighted by Gasteiger charge is -2.16. The van der Waals surface area contributed by atoms with Gasteiger partial charge in [-0.2, -0.15) is 5.43 Å². The van der Waals surface area contributed by atoms with E-state index in [0.717, 1.165) is 5.56 Å². The van der Waals surface area contributed by atoms with Crippen molar-refractivity contribution in [1.82, 2.24) is 5.43 Å². The average molecular weight is 378 g/mol. The van der Waals surface area contributed by atoms with Crippen LogP contribution in [-0.4, -0.2) is 18.0 Å². The minimum atomic E-state index is -0.489. The van der Waals surface area contributed by atoms with Gasteiger partial charge in [-0.05, 0) is 32.0 Å². The fourth-order valence-electron chi connectivity index (χ4n) is 2.46. The molecule has 136 valence electrons. The van der Waals surface area contributed by atoms with E-state index in [9.17, 15) is 9.18 Å². The standard InChI is InChI=1S/C18H17ClFN3O3/c1-11(13-7-8-16(20)15(19)9-13)22-25-10-14-5-3-4-6-17(14)23-18(24)26-12(2)21-23/h3-9,12,21H,10H2,1-2H3/b22-11+. The van der Waals surface area contributed by atoms with E-state index in [1.54, 1.807) is 26.0 Å². The van der Waals surface area contributed by atoms with Gasteiger partial charge in [-0.3, -0.25) is 0 Å². The van der Waals surface area contributed by atoms with E-state index in [2.05, 4.69) is 10.6 Å². The Kier molecular flexibility index (Phi) is 5.39. The van der Waals surface area contributed by atoms with E-state index in [0.29, 0.717) is 17.0 Å². The number of hydrogen-bond donors (Lipinski definition) is 1. The number of anilines is 1. The third-order valence-corrected chi connectivity index (χ3v) is 4.05. The van der Waals surface area contributed by atoms with Crippen molar-refractivity contribution in [2.75, 3.05) is 5.01 Å². The molecule has 8 heteroatoms. The van der Waals surface area contributed by atoms with Crippen molar-refractivity contribution in [1.29, 1.82) is 0 Å². The molecule has 0 aromatic heterocycles. The number of halogens is 2. The van der Waals surface area contributed by atoms with Crippen molar-refractivity contribution in [2.24, 2.45) is 5.16 Å². The molecule has 2 aromatic rings. The van der Waals surface area contributed by atoms with Crippen LogP contribution >= 0.6 is 11.6 Å². The highest BCUT2D eigenvalue weighted by molar-refractivity contribution is 6.31. The van der Waals surface area contributed by atoms with Crippen molar-refractivity contribution >= 4 is 29.1 Å². The Labute approximate surface area is 155 Å². The molecule has 3 rings (SSSR count). The number of para-hydroxylation sites is 1. The number of benzene rings is 2. The molecule has 2 aromatic carbocycles. The van der Waals surface area contributed by atoms with Crippen LogP contribution in [0.3, 0.4) is 0 Å². The zero-order valence-electron chi connectivity index (χ0n) is 14.2. The van der Waals surface area contributed by atoms with Crippen molar-refractivity contribution in [3.05, 3.63) is 64.4 Å². The Morgan fingerprint density at radius 3 is 2.85 bits per heavy atom. The molecule has 26 heavy (non-hydrogen) atoms. The number of nitrogens with one attached hydrogen (secondary N) is 1. The fraction of sp³-hybridized carbons (Fsp3) is 0.222. The van der Waals surface area contributed by atoms with Crippen LogP contribution in [0.4, 0.5) is 14.9 Å². The van der Waals surface area contributed by atoms with Crippen LogP contribution in [0, 0.1) is 5.82 Å². The second kappa shape index (κ2) is 7.72. The topological polar surface area (TPSA) is 63.2 Å². The summed E-state index contributed by atoms with van der Waals surface area (Å²) in [5.74, 6) is -0.489. The van der Waals surface area contributed by atoms with Gasteiger partial charge in [0.25, 0.3) is 0 Å². The number of oxime groups is 1. The van der Waals surface area contributed by atoms with Crippen LogP contribution in [0.15, 0.2) is 47.6 Å². The monoisotopic (exact) mass is 377 g/mol. The summed E-state index contributed by atoms with van der Waals surface area (Å²) in [4.78, 5) is 17.3. The first-order valence-corrected chi connectivity index (χ1v) is 8.30. The summed E-state index contributed by atoms with van der Waals surface area (Å²) >= 11 is 5.78. The SMILES string of the molecule is C/C(=N\OCc1ccccc1N1NC(C)OC1=O)c1ccc(F)c(Cl)c1. The van der Waals surface area contributed by atoms with Gasteiger partial charge in [0, 0.05) is 11.1 Å². The Hall–Kier alpha value is -2.64. The van der Waals surface area contributed by atoms with Crippen LogP contribution < -0.4 is 10.4 Å². The van der Waals surface area contributed by atoms with Gasteiger partial charge >= 0.3 is 6.09 Å². The van der Waals surface area contributed by atoms with Gasteiger partial charge in [-0.1, -0.05) is 41.0 Å². The van der Waals surface area contributed by atoms with Gasteiger partial charge < -0.3 is 9.57 Å². The number of carbonyl (C=O) groups is 1. The summed E-state index contributed by atoms with van der Waals surface area (Å²) in [5, 5.41) is 5.40. The fourth-order valence-corrected chi connectivity index (χ4v) is 2.64. The molecule has 1 aliphatic heterocycles. The van der Waals surface area contributed by atoms with Crippen LogP contribution in [0.5, 0.6) is 0 Å². The summed E-state index contributed by atoms with van der Waals surface area (Å²) < 4.78 is 18.3. The molecule has 1 fully saturated rings. The smallest absolute Gasteiger partial charge is 0.428 e. The third-order valence-electron chi connectivity index (χ3n) is 3.76. The summed E-state index contributed by atoms with van der Waals surface area (Å²) in [7, 11) is 0. The van der Waals surface area contributed by atoms with Crippen LogP contribution in [0.25, 0.3) is 0 Å². The second-order valence-corrected chi connectivity index (χ2v) is 6.11. The van der Waals surface area contributed by atoms with Crippen LogP contribution in [0.2, 0.25) is 5.02 Å². The summed E-state index contributed by atoms with van der Waals surface area (Å²) in [6.07, 6.45) is -0.884. The minimum Gasteiger partial charge on any atom is -0.428 e. The molecule has 0 radical (unpaired) electrons. The largest absolute Gasteiger partial charge is 0.430 e. The van der Waals surface area contributed by atoms with Gasteiger partial charge in [0.2, 0.25) is 0 Å². The van der Waals surface area contributed by atoms with Crippen molar-refractivity contribution in [3.63, 3.8) is 0 Å². The number of nitrogens with zero attached hydrogens (tertiary/aromatic N) is 2. The zero-order valence-corrected chi connectivity index (χ0v) is 15.0. The predicted molar refractivity (Wildman–Crippen MR) is 96.4 cm³/mol. The molecule has 1 atom stereocenters. The van der Waals surface area contributed by atoms with Gasteiger partial charge in [0.05, 0.1) is 16.4 Å². The summed E-state index contributed by atoms with van der Waals surface area (Å²) in [6.45, 7) is 3.61. The van der Waals surface area contributed by atoms with E-state index < -0.39 is 18.1 Å². The van der Waals surface area contributed by atoms with Gasteiger partial charge in [0.1, 0.15) is 12.4 Å². The molecule has 1 saturated heterocycles. The minimum absolute atomic E-state index is 0.0233. The molecule has 0 spiro atoms. The number of amides is 1. The first kappa shape index (κ1) is 18.2. The Morgan fingerprint density at radius 1 is 1.38 bits per heavy atom. The van der Waals surface area contributed by atoms with Gasteiger partial charge in [-0.15, -0.1) is 0 Å². The predicted octanol–water partition coefficient (Wildman–Crippen LogP) is 4.23. The number of rotatable bonds is 5. The first-order chi connectivity index (χ1) is 12.5. The molecule has 1 N–H and O–H groups in total. The van der Waals surface area contributed by atoms with Gasteiger partial charge in [0.15, 0.2) is 6.23 Å². The molecule has 1 heterocycles. The molecule has 0 bridgehead atoms. The maximum Gasteiger partial charge on any atom is 0.430 e. The third kappa shape index (κ3) is 3.95. The van der Waals surface area contributed by atoms with Crippen molar-refractivity contribution in [2.45, 2.75) is 26.7 Å². The lowest BCUT2D eigenvalue weighted by Crippen LogP contribution is -2.36. The number of cyclic esters (lactones) is 1. The molecule has 0 saturated carbocycles. The van der Waals surface area contributed by atoms with Crippen LogP contribution in [0.1, 0.15) is 25.0 Å². The normalized spacial score (nSPS) is 17.4. The van der Waals surface area contributed by atoms with E-state index in [4.69, 9.17) is 21.2 Å². The zero-order chi connectivity index (χ0) is 18.7. The van der Waals surface area contributed by atoms with E-state index >= 15 is 0 Å². The van der Waals surface area contributed by atoms with Crippen LogP contribution in [-0.2, 0) is 16.2 Å². The number of ether oxygens (including phenoxy) is 1. The highest BCUT2D eigenvalue weighted by atomic mass is 35.5. The van der Waals surface area contributed by atoms with Gasteiger partial charge in [-0.25, -0.2) is 14.2 Å². The lowest BCUT2D eigenvalue weighted by atomic mass is 10.1. The first-order valence-electron chi connectivity index (χ1n) is 7.92. The molecule has 1 aliphatic rings. The molecule has 6 nitrogen and oxygen atoms in total. The van der Waals surface area contributed by atoms with E-state index in [1.807, 2.05) is 18.2 Å². The maximum atomic E-state index is 13.2. The van der Waals surface area contributed by atoms with Crippen molar-refractivity contribution in [3.8, 4) is 0 Å². The number of carbonyl (C=O) groups excluding carboxylic acids is 1.